The highest BCUT2D eigenvalue weighted by atomic mass is 16.7. The van der Waals surface area contributed by atoms with Crippen LogP contribution in [0.15, 0.2) is 0 Å². The Bertz CT molecular complexity index is 170. The standard InChI is InChI=1S/C14H28O2/c1-4-5-6-7-10-13-11-8-9-12(2)14(15-3)16-13/h12-14H,4-11H2,1-3H3/t12-,13+,14+/m1/s1. The van der Waals surface area contributed by atoms with Crippen molar-refractivity contribution in [3.8, 4) is 0 Å². The van der Waals surface area contributed by atoms with Gasteiger partial charge in [0.15, 0.2) is 6.29 Å². The van der Waals surface area contributed by atoms with Crippen molar-refractivity contribution in [2.24, 2.45) is 5.92 Å². The Balaban J connectivity index is 2.24. The Hall–Kier alpha value is -0.0800. The van der Waals surface area contributed by atoms with Crippen molar-refractivity contribution < 1.29 is 9.47 Å². The molecule has 0 radical (unpaired) electrons. The van der Waals surface area contributed by atoms with Gasteiger partial charge in [0.25, 0.3) is 0 Å². The summed E-state index contributed by atoms with van der Waals surface area (Å²) in [5.41, 5.74) is 0. The third-order valence-electron chi connectivity index (χ3n) is 3.59. The van der Waals surface area contributed by atoms with E-state index in [0.717, 1.165) is 0 Å². The number of hydrogen-bond acceptors (Lipinski definition) is 2. The van der Waals surface area contributed by atoms with Gasteiger partial charge in [-0.3, -0.25) is 0 Å². The zero-order chi connectivity index (χ0) is 11.8. The van der Waals surface area contributed by atoms with Crippen LogP contribution in [-0.4, -0.2) is 19.5 Å². The number of ether oxygens (including phenoxy) is 2. The van der Waals surface area contributed by atoms with Gasteiger partial charge in [0.05, 0.1) is 6.10 Å². The molecule has 0 aliphatic carbocycles. The van der Waals surface area contributed by atoms with Gasteiger partial charge in [0, 0.05) is 13.0 Å². The summed E-state index contributed by atoms with van der Waals surface area (Å²) in [7, 11) is 1.76. The molecule has 0 aromatic carbocycles. The van der Waals surface area contributed by atoms with E-state index in [0.29, 0.717) is 12.0 Å². The van der Waals surface area contributed by atoms with Crippen LogP contribution < -0.4 is 0 Å². The SMILES string of the molecule is CCCCCC[C@H]1CCC[C@@H](C)[C@@H](OC)O1. The highest BCUT2D eigenvalue weighted by molar-refractivity contribution is 4.69. The third-order valence-corrected chi connectivity index (χ3v) is 3.59. The number of hydrogen-bond donors (Lipinski definition) is 0. The topological polar surface area (TPSA) is 18.5 Å². The Morgan fingerprint density at radius 3 is 2.69 bits per heavy atom. The van der Waals surface area contributed by atoms with Gasteiger partial charge in [-0.25, -0.2) is 0 Å². The Kier molecular flexibility index (Phi) is 7.06. The van der Waals surface area contributed by atoms with Crippen molar-refractivity contribution in [2.75, 3.05) is 7.11 Å². The molecule has 96 valence electrons. The van der Waals surface area contributed by atoms with Crippen LogP contribution >= 0.6 is 0 Å². The van der Waals surface area contributed by atoms with Crippen molar-refractivity contribution in [1.82, 2.24) is 0 Å². The van der Waals surface area contributed by atoms with Crippen molar-refractivity contribution in [3.05, 3.63) is 0 Å². The Labute approximate surface area is 101 Å². The predicted molar refractivity (Wildman–Crippen MR) is 67.4 cm³/mol. The van der Waals surface area contributed by atoms with E-state index in [1.807, 2.05) is 0 Å². The second kappa shape index (κ2) is 8.08. The summed E-state index contributed by atoms with van der Waals surface area (Å²) in [6.07, 6.45) is 10.8. The minimum atomic E-state index is 0.0266. The summed E-state index contributed by atoms with van der Waals surface area (Å²) in [4.78, 5) is 0. The maximum atomic E-state index is 6.03. The molecular formula is C14H28O2. The normalized spacial score (nSPS) is 31.3. The Morgan fingerprint density at radius 2 is 2.00 bits per heavy atom. The molecule has 16 heavy (non-hydrogen) atoms. The van der Waals surface area contributed by atoms with E-state index in [1.54, 1.807) is 7.11 Å². The zero-order valence-electron chi connectivity index (χ0n) is 11.2. The van der Waals surface area contributed by atoms with Crippen molar-refractivity contribution in [1.29, 1.82) is 0 Å². The number of rotatable bonds is 6. The molecule has 0 N–H and O–H groups in total. The molecule has 0 bridgehead atoms. The highest BCUT2D eigenvalue weighted by Crippen LogP contribution is 2.26. The van der Waals surface area contributed by atoms with Crippen LogP contribution in [0.2, 0.25) is 0 Å². The number of methoxy groups -OCH3 is 1. The molecule has 0 saturated carbocycles. The molecule has 0 amide bonds. The van der Waals surface area contributed by atoms with Crippen molar-refractivity contribution in [2.45, 2.75) is 77.6 Å². The molecule has 1 aliphatic heterocycles. The molecule has 1 rings (SSSR count). The fourth-order valence-corrected chi connectivity index (χ4v) is 2.49. The lowest BCUT2D eigenvalue weighted by Gasteiger charge is -2.23. The van der Waals surface area contributed by atoms with Gasteiger partial charge < -0.3 is 9.47 Å². The fraction of sp³-hybridized carbons (Fsp3) is 1.00. The lowest BCUT2D eigenvalue weighted by atomic mass is 10.0. The fourth-order valence-electron chi connectivity index (χ4n) is 2.49. The van der Waals surface area contributed by atoms with Crippen LogP contribution in [0.4, 0.5) is 0 Å². The summed E-state index contributed by atoms with van der Waals surface area (Å²) >= 11 is 0. The molecular weight excluding hydrogens is 200 g/mol. The van der Waals surface area contributed by atoms with Crippen LogP contribution in [0.3, 0.4) is 0 Å². The van der Waals surface area contributed by atoms with E-state index in [-0.39, 0.29) is 6.29 Å². The second-order valence-electron chi connectivity index (χ2n) is 5.12. The first-order chi connectivity index (χ1) is 7.77. The minimum Gasteiger partial charge on any atom is -0.356 e. The smallest absolute Gasteiger partial charge is 0.160 e. The van der Waals surface area contributed by atoms with Crippen LogP contribution in [0.1, 0.15) is 65.2 Å². The van der Waals surface area contributed by atoms with Gasteiger partial charge in [-0.2, -0.15) is 0 Å². The third kappa shape index (κ3) is 4.84. The molecule has 1 aliphatic rings. The van der Waals surface area contributed by atoms with Gasteiger partial charge in [0.2, 0.25) is 0 Å². The first kappa shape index (κ1) is 14.0. The minimum absolute atomic E-state index is 0.0266. The summed E-state index contributed by atoms with van der Waals surface area (Å²) in [6.45, 7) is 4.48. The molecule has 0 spiro atoms. The van der Waals surface area contributed by atoms with Gasteiger partial charge in [-0.05, 0) is 19.3 Å². The zero-order valence-corrected chi connectivity index (χ0v) is 11.2. The van der Waals surface area contributed by atoms with E-state index in [1.165, 1.54) is 51.4 Å². The molecule has 1 saturated heterocycles. The molecule has 1 fully saturated rings. The quantitative estimate of drug-likeness (QED) is 0.636. The molecule has 0 aromatic rings. The van der Waals surface area contributed by atoms with E-state index in [2.05, 4.69) is 13.8 Å². The summed E-state index contributed by atoms with van der Waals surface area (Å²) < 4.78 is 11.4. The number of unbranched alkanes of at least 4 members (excludes halogenated alkanes) is 3. The average molecular weight is 228 g/mol. The maximum absolute atomic E-state index is 6.03. The molecule has 1 heterocycles. The van der Waals surface area contributed by atoms with Gasteiger partial charge in [0.1, 0.15) is 0 Å². The maximum Gasteiger partial charge on any atom is 0.160 e. The van der Waals surface area contributed by atoms with Gasteiger partial charge >= 0.3 is 0 Å². The highest BCUT2D eigenvalue weighted by Gasteiger charge is 2.25. The molecule has 0 aromatic heterocycles. The van der Waals surface area contributed by atoms with Crippen molar-refractivity contribution in [3.63, 3.8) is 0 Å². The van der Waals surface area contributed by atoms with Crippen LogP contribution in [0.25, 0.3) is 0 Å². The molecule has 2 heteroatoms. The van der Waals surface area contributed by atoms with Crippen LogP contribution in [0, 0.1) is 5.92 Å². The molecule has 2 nitrogen and oxygen atoms in total. The lowest BCUT2D eigenvalue weighted by Crippen LogP contribution is -2.26. The van der Waals surface area contributed by atoms with Crippen molar-refractivity contribution >= 4 is 0 Å². The summed E-state index contributed by atoms with van der Waals surface area (Å²) in [6, 6.07) is 0. The van der Waals surface area contributed by atoms with Gasteiger partial charge in [-0.15, -0.1) is 0 Å². The van der Waals surface area contributed by atoms with Gasteiger partial charge in [-0.1, -0.05) is 46.0 Å². The first-order valence-corrected chi connectivity index (χ1v) is 6.96. The predicted octanol–water partition coefficient (Wildman–Crippen LogP) is 4.13. The van der Waals surface area contributed by atoms with Crippen LogP contribution in [-0.2, 0) is 9.47 Å². The summed E-state index contributed by atoms with van der Waals surface area (Å²) in [5.74, 6) is 0.547. The first-order valence-electron chi connectivity index (χ1n) is 6.96. The second-order valence-corrected chi connectivity index (χ2v) is 5.12. The van der Waals surface area contributed by atoms with E-state index >= 15 is 0 Å². The van der Waals surface area contributed by atoms with Crippen LogP contribution in [0.5, 0.6) is 0 Å². The van der Waals surface area contributed by atoms with E-state index < -0.39 is 0 Å². The van der Waals surface area contributed by atoms with E-state index in [9.17, 15) is 0 Å². The molecule has 3 atom stereocenters. The average Bonchev–Trinajstić information content (AvgIpc) is 2.47. The largest absolute Gasteiger partial charge is 0.356 e. The molecule has 0 unspecified atom stereocenters. The monoisotopic (exact) mass is 228 g/mol. The summed E-state index contributed by atoms with van der Waals surface area (Å²) in [5, 5.41) is 0. The Morgan fingerprint density at radius 1 is 1.19 bits per heavy atom. The van der Waals surface area contributed by atoms with E-state index in [4.69, 9.17) is 9.47 Å². The lowest BCUT2D eigenvalue weighted by molar-refractivity contribution is -0.174.